The predicted molar refractivity (Wildman–Crippen MR) is 138 cm³/mol. The van der Waals surface area contributed by atoms with E-state index in [1.54, 1.807) is 30.3 Å². The van der Waals surface area contributed by atoms with Gasteiger partial charge < -0.3 is 14.8 Å². The Hall–Kier alpha value is -4.20. The van der Waals surface area contributed by atoms with E-state index in [2.05, 4.69) is 15.8 Å². The Bertz CT molecular complexity index is 1200. The molecule has 0 saturated carbocycles. The van der Waals surface area contributed by atoms with E-state index in [0.717, 1.165) is 29.5 Å². The van der Waals surface area contributed by atoms with Gasteiger partial charge in [-0.2, -0.15) is 5.10 Å². The van der Waals surface area contributed by atoms with Crippen LogP contribution >= 0.6 is 0 Å². The summed E-state index contributed by atoms with van der Waals surface area (Å²) in [6, 6.07) is 17.0. The maximum absolute atomic E-state index is 13.1. The number of hydrogen-bond acceptors (Lipinski definition) is 5. The number of ether oxygens (including phenoxy) is 2. The highest BCUT2D eigenvalue weighted by molar-refractivity contribution is 6.39. The minimum Gasteiger partial charge on any atom is -0.490 e. The molecular formula is C28H30FN3O4. The standard InChI is InChI=1S/C28H30FN3O4/c1-4-21-8-7-9-22(5-2)26(21)31-27(33)28(34)32-30-17-20-12-15-24(25(16-20)35-6-3)36-18-19-10-13-23(29)14-11-19/h7-17H,4-6,18H2,1-3H3,(H,31,33)(H,32,34)/b30-17-. The number of carbonyl (C=O) groups excluding carboxylic acids is 2. The second-order valence-corrected chi connectivity index (χ2v) is 7.87. The Kier molecular flexibility index (Phi) is 9.56. The van der Waals surface area contributed by atoms with Crippen LogP contribution in [0.15, 0.2) is 65.8 Å². The third-order valence-electron chi connectivity index (χ3n) is 5.40. The molecule has 0 radical (unpaired) electrons. The molecule has 2 N–H and O–H groups in total. The Balaban J connectivity index is 1.62. The first-order chi connectivity index (χ1) is 17.4. The summed E-state index contributed by atoms with van der Waals surface area (Å²) in [6.45, 7) is 6.50. The van der Waals surface area contributed by atoms with Crippen LogP contribution in [0.3, 0.4) is 0 Å². The smallest absolute Gasteiger partial charge is 0.329 e. The molecule has 0 bridgehead atoms. The van der Waals surface area contributed by atoms with E-state index in [4.69, 9.17) is 9.47 Å². The van der Waals surface area contributed by atoms with Crippen molar-refractivity contribution >= 4 is 23.7 Å². The van der Waals surface area contributed by atoms with Crippen molar-refractivity contribution in [3.63, 3.8) is 0 Å². The fourth-order valence-electron chi connectivity index (χ4n) is 3.52. The SMILES string of the molecule is CCOc1cc(/C=N\NC(=O)C(=O)Nc2c(CC)cccc2CC)ccc1OCc1ccc(F)cc1. The van der Waals surface area contributed by atoms with Crippen molar-refractivity contribution in [1.82, 2.24) is 5.43 Å². The lowest BCUT2D eigenvalue weighted by molar-refractivity contribution is -0.136. The molecule has 0 fully saturated rings. The van der Waals surface area contributed by atoms with Crippen molar-refractivity contribution in [3.05, 3.63) is 88.7 Å². The molecule has 2 amide bonds. The van der Waals surface area contributed by atoms with Gasteiger partial charge in [0.2, 0.25) is 0 Å². The topological polar surface area (TPSA) is 89.0 Å². The molecule has 188 valence electrons. The van der Waals surface area contributed by atoms with Crippen LogP contribution in [0.1, 0.15) is 43.0 Å². The molecule has 0 aliphatic heterocycles. The quantitative estimate of drug-likeness (QED) is 0.237. The molecule has 8 heteroatoms. The first-order valence-corrected chi connectivity index (χ1v) is 11.8. The number of benzene rings is 3. The van der Waals surface area contributed by atoms with Gasteiger partial charge >= 0.3 is 11.8 Å². The zero-order valence-electron chi connectivity index (χ0n) is 20.6. The van der Waals surface area contributed by atoms with Crippen LogP contribution in [0.2, 0.25) is 0 Å². The number of carbonyl (C=O) groups is 2. The molecule has 3 rings (SSSR count). The van der Waals surface area contributed by atoms with E-state index in [0.29, 0.717) is 29.4 Å². The summed E-state index contributed by atoms with van der Waals surface area (Å²) in [4.78, 5) is 24.7. The second-order valence-electron chi connectivity index (χ2n) is 7.87. The van der Waals surface area contributed by atoms with Gasteiger partial charge in [0.05, 0.1) is 12.8 Å². The molecule has 0 heterocycles. The molecule has 0 atom stereocenters. The van der Waals surface area contributed by atoms with Gasteiger partial charge in [-0.1, -0.05) is 44.2 Å². The first-order valence-electron chi connectivity index (χ1n) is 11.8. The highest BCUT2D eigenvalue weighted by Gasteiger charge is 2.16. The number of halogens is 1. The molecule has 7 nitrogen and oxygen atoms in total. The third-order valence-corrected chi connectivity index (χ3v) is 5.40. The molecule has 0 saturated heterocycles. The molecule has 0 aliphatic carbocycles. The maximum atomic E-state index is 13.1. The van der Waals surface area contributed by atoms with Crippen molar-refractivity contribution in [2.75, 3.05) is 11.9 Å². The Labute approximate surface area is 210 Å². The van der Waals surface area contributed by atoms with E-state index >= 15 is 0 Å². The van der Waals surface area contributed by atoms with Crippen LogP contribution in [0, 0.1) is 5.82 Å². The number of amides is 2. The lowest BCUT2D eigenvalue weighted by Crippen LogP contribution is -2.33. The van der Waals surface area contributed by atoms with Gasteiger partial charge in [0, 0.05) is 5.69 Å². The molecule has 3 aromatic carbocycles. The van der Waals surface area contributed by atoms with Crippen molar-refractivity contribution < 1.29 is 23.5 Å². The number of anilines is 1. The lowest BCUT2D eigenvalue weighted by atomic mass is 10.0. The highest BCUT2D eigenvalue weighted by Crippen LogP contribution is 2.29. The average Bonchev–Trinajstić information content (AvgIpc) is 2.89. The zero-order chi connectivity index (χ0) is 25.9. The van der Waals surface area contributed by atoms with E-state index in [-0.39, 0.29) is 12.4 Å². The van der Waals surface area contributed by atoms with Crippen molar-refractivity contribution in [3.8, 4) is 11.5 Å². The first kappa shape index (κ1) is 26.4. The third kappa shape index (κ3) is 7.15. The van der Waals surface area contributed by atoms with Crippen LogP contribution in [-0.4, -0.2) is 24.6 Å². The molecule has 36 heavy (non-hydrogen) atoms. The number of nitrogens with one attached hydrogen (secondary N) is 2. The van der Waals surface area contributed by atoms with Crippen LogP contribution in [-0.2, 0) is 29.0 Å². The van der Waals surface area contributed by atoms with Crippen molar-refractivity contribution in [2.45, 2.75) is 40.2 Å². The van der Waals surface area contributed by atoms with E-state index < -0.39 is 11.8 Å². The average molecular weight is 492 g/mol. The molecule has 0 aliphatic rings. The van der Waals surface area contributed by atoms with Gasteiger partial charge in [-0.25, -0.2) is 9.82 Å². The van der Waals surface area contributed by atoms with Crippen molar-refractivity contribution in [1.29, 1.82) is 0 Å². The monoisotopic (exact) mass is 491 g/mol. The highest BCUT2D eigenvalue weighted by atomic mass is 19.1. The van der Waals surface area contributed by atoms with Gasteiger partial charge in [-0.05, 0) is 72.4 Å². The summed E-state index contributed by atoms with van der Waals surface area (Å²) in [6.07, 6.45) is 2.87. The largest absolute Gasteiger partial charge is 0.490 e. The molecular weight excluding hydrogens is 461 g/mol. The maximum Gasteiger partial charge on any atom is 0.329 e. The van der Waals surface area contributed by atoms with Crippen LogP contribution in [0.4, 0.5) is 10.1 Å². The van der Waals surface area contributed by atoms with E-state index in [1.165, 1.54) is 18.3 Å². The van der Waals surface area contributed by atoms with Gasteiger partial charge in [0.15, 0.2) is 11.5 Å². The summed E-state index contributed by atoms with van der Waals surface area (Å²) < 4.78 is 24.6. The fourth-order valence-corrected chi connectivity index (χ4v) is 3.52. The lowest BCUT2D eigenvalue weighted by Gasteiger charge is -2.13. The van der Waals surface area contributed by atoms with Crippen LogP contribution in [0.5, 0.6) is 11.5 Å². The normalized spacial score (nSPS) is 10.8. The molecule has 3 aromatic rings. The summed E-state index contributed by atoms with van der Waals surface area (Å²) in [5.41, 5.74) is 6.31. The summed E-state index contributed by atoms with van der Waals surface area (Å²) >= 11 is 0. The molecule has 0 spiro atoms. The van der Waals surface area contributed by atoms with E-state index in [1.807, 2.05) is 39.0 Å². The Morgan fingerprint density at radius 2 is 1.58 bits per heavy atom. The number of hydrogen-bond donors (Lipinski definition) is 2. The second kappa shape index (κ2) is 13.0. The number of nitrogens with zero attached hydrogens (tertiary/aromatic N) is 1. The van der Waals surface area contributed by atoms with Crippen molar-refractivity contribution in [2.24, 2.45) is 5.10 Å². The van der Waals surface area contributed by atoms with Gasteiger partial charge in [0.25, 0.3) is 0 Å². The molecule has 0 aromatic heterocycles. The number of aryl methyl sites for hydroxylation is 2. The van der Waals surface area contributed by atoms with Gasteiger partial charge in [0.1, 0.15) is 12.4 Å². The van der Waals surface area contributed by atoms with Crippen LogP contribution < -0.4 is 20.2 Å². The zero-order valence-corrected chi connectivity index (χ0v) is 20.6. The summed E-state index contributed by atoms with van der Waals surface area (Å²) in [5, 5.41) is 6.62. The Morgan fingerprint density at radius 1 is 0.889 bits per heavy atom. The van der Waals surface area contributed by atoms with Gasteiger partial charge in [-0.15, -0.1) is 0 Å². The fraction of sp³-hybridized carbons (Fsp3) is 0.250. The number of hydrazone groups is 1. The minimum atomic E-state index is -0.872. The Morgan fingerprint density at radius 3 is 2.22 bits per heavy atom. The van der Waals surface area contributed by atoms with Crippen LogP contribution in [0.25, 0.3) is 0 Å². The number of para-hydroxylation sites is 1. The van der Waals surface area contributed by atoms with Gasteiger partial charge in [-0.3, -0.25) is 9.59 Å². The molecule has 0 unspecified atom stereocenters. The number of rotatable bonds is 10. The summed E-state index contributed by atoms with van der Waals surface area (Å²) in [5.74, 6) is -0.955. The minimum absolute atomic E-state index is 0.250. The van der Waals surface area contributed by atoms with E-state index in [9.17, 15) is 14.0 Å². The predicted octanol–water partition coefficient (Wildman–Crippen LogP) is 5.02. The summed E-state index contributed by atoms with van der Waals surface area (Å²) in [7, 11) is 0.